The molecule has 1 N–H and O–H groups in total. The molecular weight excluding hydrogens is 282 g/mol. The molecule has 1 amide bonds. The van der Waals surface area contributed by atoms with Crippen molar-refractivity contribution in [3.05, 3.63) is 6.33 Å². The predicted molar refractivity (Wildman–Crippen MR) is 71.5 cm³/mol. The van der Waals surface area contributed by atoms with E-state index in [0.29, 0.717) is 6.42 Å². The minimum Gasteiger partial charge on any atom is -0.350 e. The smallest absolute Gasteiger partial charge is 0.245 e. The van der Waals surface area contributed by atoms with Gasteiger partial charge < -0.3 is 5.32 Å². The molecule has 0 spiro atoms. The molecule has 0 radical (unpaired) electrons. The van der Waals surface area contributed by atoms with Crippen LogP contribution in [0.25, 0.3) is 0 Å². The van der Waals surface area contributed by atoms with Crippen LogP contribution in [0.3, 0.4) is 0 Å². The fourth-order valence-corrected chi connectivity index (χ4v) is 4.03. The summed E-state index contributed by atoms with van der Waals surface area (Å²) in [6.07, 6.45) is 2.67. The second kappa shape index (κ2) is 5.86. The number of nitrogens with one attached hydrogen (secondary N) is 1. The van der Waals surface area contributed by atoms with Crippen molar-refractivity contribution in [2.45, 2.75) is 38.8 Å². The normalized spacial score (nSPS) is 24.2. The minimum atomic E-state index is -3.01. The lowest BCUT2D eigenvalue weighted by Crippen LogP contribution is -2.42. The molecule has 8 nitrogen and oxygen atoms in total. The fraction of sp³-hybridized carbons (Fsp3) is 0.818. The van der Waals surface area contributed by atoms with Gasteiger partial charge >= 0.3 is 0 Å². The van der Waals surface area contributed by atoms with E-state index >= 15 is 0 Å². The van der Waals surface area contributed by atoms with Gasteiger partial charge in [-0.1, -0.05) is 20.3 Å². The molecule has 1 aliphatic heterocycles. The molecule has 1 saturated heterocycles. The molecule has 9 heteroatoms. The van der Waals surface area contributed by atoms with Crippen LogP contribution in [0.2, 0.25) is 0 Å². The Hall–Kier alpha value is -1.51. The van der Waals surface area contributed by atoms with E-state index < -0.39 is 15.9 Å². The highest BCUT2D eigenvalue weighted by Crippen LogP contribution is 2.21. The highest BCUT2D eigenvalue weighted by molar-refractivity contribution is 7.91. The van der Waals surface area contributed by atoms with E-state index in [9.17, 15) is 13.2 Å². The Morgan fingerprint density at radius 3 is 2.80 bits per heavy atom. The Kier molecular flexibility index (Phi) is 4.36. The summed E-state index contributed by atoms with van der Waals surface area (Å²) in [6.45, 7) is 3.92. The van der Waals surface area contributed by atoms with Crippen molar-refractivity contribution < 1.29 is 13.2 Å². The molecule has 0 aromatic carbocycles. The lowest BCUT2D eigenvalue weighted by atomic mass is 9.98. The highest BCUT2D eigenvalue weighted by atomic mass is 32.2. The van der Waals surface area contributed by atoms with E-state index in [2.05, 4.69) is 20.8 Å². The maximum absolute atomic E-state index is 12.4. The zero-order valence-corrected chi connectivity index (χ0v) is 12.4. The first kappa shape index (κ1) is 14.9. The number of carbonyl (C=O) groups is 1. The molecule has 2 heterocycles. The summed E-state index contributed by atoms with van der Waals surface area (Å²) in [7, 11) is -3.01. The molecular formula is C11H19N5O3S. The topological polar surface area (TPSA) is 107 Å². The van der Waals surface area contributed by atoms with E-state index in [-0.39, 0.29) is 29.4 Å². The van der Waals surface area contributed by atoms with Gasteiger partial charge in [-0.05, 0) is 22.8 Å². The molecule has 20 heavy (non-hydrogen) atoms. The third-order valence-electron chi connectivity index (χ3n) is 3.68. The summed E-state index contributed by atoms with van der Waals surface area (Å²) < 4.78 is 24.3. The van der Waals surface area contributed by atoms with Crippen LogP contribution in [0.15, 0.2) is 6.33 Å². The van der Waals surface area contributed by atoms with Crippen molar-refractivity contribution in [2.24, 2.45) is 5.92 Å². The summed E-state index contributed by atoms with van der Waals surface area (Å²) in [4.78, 5) is 12.4. The summed E-state index contributed by atoms with van der Waals surface area (Å²) in [6, 6.07) is -0.825. The van der Waals surface area contributed by atoms with Gasteiger partial charge in [0.15, 0.2) is 9.84 Å². The number of aromatic nitrogens is 4. The van der Waals surface area contributed by atoms with E-state index in [0.717, 1.165) is 6.42 Å². The van der Waals surface area contributed by atoms with Gasteiger partial charge in [0.25, 0.3) is 0 Å². The van der Waals surface area contributed by atoms with Crippen molar-refractivity contribution in [3.8, 4) is 0 Å². The zero-order valence-electron chi connectivity index (χ0n) is 11.6. The molecule has 1 aromatic rings. The minimum absolute atomic E-state index is 0.0154. The summed E-state index contributed by atoms with van der Waals surface area (Å²) >= 11 is 0. The van der Waals surface area contributed by atoms with Crippen LogP contribution >= 0.6 is 0 Å². The second-order valence-electron chi connectivity index (χ2n) is 5.23. The molecule has 1 aromatic heterocycles. The van der Waals surface area contributed by atoms with Crippen LogP contribution in [0.4, 0.5) is 0 Å². The van der Waals surface area contributed by atoms with Gasteiger partial charge in [0.2, 0.25) is 5.91 Å². The predicted octanol–water partition coefficient (Wildman–Crippen LogP) is -0.436. The van der Waals surface area contributed by atoms with Crippen LogP contribution in [0.1, 0.15) is 32.7 Å². The Morgan fingerprint density at radius 2 is 2.30 bits per heavy atom. The average molecular weight is 301 g/mol. The number of hydrogen-bond donors (Lipinski definition) is 1. The van der Waals surface area contributed by atoms with Gasteiger partial charge in [-0.2, -0.15) is 0 Å². The molecule has 112 valence electrons. The molecule has 3 atom stereocenters. The van der Waals surface area contributed by atoms with Crippen LogP contribution in [-0.2, 0) is 14.6 Å². The SMILES string of the molecule is CCC(C)C(C(=O)NC1CCS(=O)(=O)C1)n1cnnn1. The third-order valence-corrected chi connectivity index (χ3v) is 5.45. The van der Waals surface area contributed by atoms with Crippen LogP contribution in [0, 0.1) is 5.92 Å². The largest absolute Gasteiger partial charge is 0.350 e. The first-order valence-corrected chi connectivity index (χ1v) is 8.48. The van der Waals surface area contributed by atoms with E-state index in [1.165, 1.54) is 11.0 Å². The molecule has 1 fully saturated rings. The standard InChI is InChI=1S/C11H19N5O3S/c1-3-8(2)10(16-7-12-14-15-16)11(17)13-9-4-5-20(18,19)6-9/h7-10H,3-6H2,1-2H3,(H,13,17). The third kappa shape index (κ3) is 3.33. The molecule has 0 saturated carbocycles. The summed E-state index contributed by atoms with van der Waals surface area (Å²) in [5.74, 6) is -0.0245. The van der Waals surface area contributed by atoms with Crippen molar-refractivity contribution >= 4 is 15.7 Å². The summed E-state index contributed by atoms with van der Waals surface area (Å²) in [5, 5.41) is 13.7. The Labute approximate surface area is 117 Å². The lowest BCUT2D eigenvalue weighted by molar-refractivity contribution is -0.126. The monoisotopic (exact) mass is 301 g/mol. The van der Waals surface area contributed by atoms with Gasteiger partial charge in [0.05, 0.1) is 11.5 Å². The zero-order chi connectivity index (χ0) is 14.8. The second-order valence-corrected chi connectivity index (χ2v) is 7.46. The number of amides is 1. The van der Waals surface area contributed by atoms with E-state index in [1.54, 1.807) is 0 Å². The van der Waals surface area contributed by atoms with E-state index in [4.69, 9.17) is 0 Å². The molecule has 1 aliphatic rings. The van der Waals surface area contributed by atoms with Crippen LogP contribution in [0.5, 0.6) is 0 Å². The highest BCUT2D eigenvalue weighted by Gasteiger charge is 2.33. The molecule has 0 aliphatic carbocycles. The van der Waals surface area contributed by atoms with Crippen molar-refractivity contribution in [1.82, 2.24) is 25.5 Å². The first-order chi connectivity index (χ1) is 9.43. The van der Waals surface area contributed by atoms with Gasteiger partial charge in [-0.3, -0.25) is 4.79 Å². The Morgan fingerprint density at radius 1 is 1.55 bits per heavy atom. The van der Waals surface area contributed by atoms with Gasteiger partial charge in [-0.15, -0.1) is 5.10 Å². The van der Waals surface area contributed by atoms with E-state index in [1.807, 2.05) is 13.8 Å². The van der Waals surface area contributed by atoms with Gasteiger partial charge in [0.1, 0.15) is 12.4 Å². The maximum atomic E-state index is 12.4. The number of nitrogens with zero attached hydrogens (tertiary/aromatic N) is 4. The van der Waals surface area contributed by atoms with Crippen molar-refractivity contribution in [2.75, 3.05) is 11.5 Å². The lowest BCUT2D eigenvalue weighted by Gasteiger charge is -2.23. The number of carbonyl (C=O) groups excluding carboxylic acids is 1. The van der Waals surface area contributed by atoms with Gasteiger partial charge in [-0.25, -0.2) is 13.1 Å². The first-order valence-electron chi connectivity index (χ1n) is 6.66. The van der Waals surface area contributed by atoms with Crippen LogP contribution in [-0.4, -0.2) is 52.1 Å². The molecule has 2 rings (SSSR count). The number of hydrogen-bond acceptors (Lipinski definition) is 6. The Bertz CT molecular complexity index is 557. The molecule has 3 unspecified atom stereocenters. The van der Waals surface area contributed by atoms with Crippen molar-refractivity contribution in [1.29, 1.82) is 0 Å². The van der Waals surface area contributed by atoms with Gasteiger partial charge in [0, 0.05) is 6.04 Å². The van der Waals surface area contributed by atoms with Crippen LogP contribution < -0.4 is 5.32 Å². The Balaban J connectivity index is 2.08. The number of rotatable bonds is 5. The average Bonchev–Trinajstić information content (AvgIpc) is 2.99. The summed E-state index contributed by atoms with van der Waals surface area (Å²) in [5.41, 5.74) is 0. The fourth-order valence-electron chi connectivity index (χ4n) is 2.35. The number of sulfone groups is 1. The number of tetrazole rings is 1. The van der Waals surface area contributed by atoms with Crippen molar-refractivity contribution in [3.63, 3.8) is 0 Å². The molecule has 0 bridgehead atoms. The quantitative estimate of drug-likeness (QED) is 0.790. The maximum Gasteiger partial charge on any atom is 0.245 e.